The van der Waals surface area contributed by atoms with Crippen molar-refractivity contribution >= 4 is 23.5 Å². The summed E-state index contributed by atoms with van der Waals surface area (Å²) < 4.78 is 0.629. The first kappa shape index (κ1) is 13.8. The van der Waals surface area contributed by atoms with E-state index in [9.17, 15) is 0 Å². The number of thioether (sulfide) groups is 2. The first-order valence-electron chi connectivity index (χ1n) is 6.61. The highest BCUT2D eigenvalue weighted by atomic mass is 32.2. The molecule has 0 nitrogen and oxygen atoms in total. The average molecular weight is 246 g/mol. The highest BCUT2D eigenvalue weighted by Gasteiger charge is 2.33. The minimum atomic E-state index is 0.629. The van der Waals surface area contributed by atoms with Crippen LogP contribution in [0.4, 0.5) is 0 Å². The topological polar surface area (TPSA) is 0 Å². The highest BCUT2D eigenvalue weighted by molar-refractivity contribution is 8.21. The van der Waals surface area contributed by atoms with Crippen molar-refractivity contribution in [3.8, 4) is 0 Å². The third kappa shape index (κ3) is 5.04. The van der Waals surface area contributed by atoms with Gasteiger partial charge < -0.3 is 0 Å². The Bertz CT molecular complexity index is 139. The van der Waals surface area contributed by atoms with Gasteiger partial charge in [0.15, 0.2) is 0 Å². The van der Waals surface area contributed by atoms with E-state index in [1.807, 2.05) is 0 Å². The van der Waals surface area contributed by atoms with E-state index in [0.29, 0.717) is 4.08 Å². The summed E-state index contributed by atoms with van der Waals surface area (Å²) >= 11 is 4.51. The molecule has 15 heavy (non-hydrogen) atoms. The Kier molecular flexibility index (Phi) is 7.24. The van der Waals surface area contributed by atoms with Crippen molar-refractivity contribution < 1.29 is 0 Å². The van der Waals surface area contributed by atoms with Gasteiger partial charge in [-0.2, -0.15) is 0 Å². The molecule has 0 aromatic carbocycles. The third-order valence-electron chi connectivity index (χ3n) is 3.14. The van der Waals surface area contributed by atoms with E-state index in [0.717, 1.165) is 0 Å². The van der Waals surface area contributed by atoms with Crippen LogP contribution in [0, 0.1) is 0 Å². The fraction of sp³-hybridized carbons (Fsp3) is 1.00. The summed E-state index contributed by atoms with van der Waals surface area (Å²) in [5.74, 6) is 2.78. The number of rotatable bonds is 8. The van der Waals surface area contributed by atoms with E-state index >= 15 is 0 Å². The first-order valence-corrected chi connectivity index (χ1v) is 8.58. The molecule has 1 fully saturated rings. The van der Waals surface area contributed by atoms with E-state index in [1.54, 1.807) is 0 Å². The van der Waals surface area contributed by atoms with Gasteiger partial charge in [-0.3, -0.25) is 0 Å². The van der Waals surface area contributed by atoms with Gasteiger partial charge >= 0.3 is 0 Å². The van der Waals surface area contributed by atoms with E-state index < -0.39 is 0 Å². The van der Waals surface area contributed by atoms with E-state index in [1.165, 1.54) is 62.9 Å². The molecule has 0 bridgehead atoms. The van der Waals surface area contributed by atoms with Crippen molar-refractivity contribution in [2.45, 2.75) is 69.3 Å². The highest BCUT2D eigenvalue weighted by Crippen LogP contribution is 2.50. The van der Waals surface area contributed by atoms with Gasteiger partial charge in [0.2, 0.25) is 0 Å². The van der Waals surface area contributed by atoms with Crippen molar-refractivity contribution in [1.29, 1.82) is 0 Å². The fourth-order valence-corrected chi connectivity index (χ4v) is 5.60. The molecule has 0 aromatic rings. The molecule has 0 amide bonds. The summed E-state index contributed by atoms with van der Waals surface area (Å²) in [5, 5.41) is 0. The van der Waals surface area contributed by atoms with Crippen LogP contribution < -0.4 is 0 Å². The summed E-state index contributed by atoms with van der Waals surface area (Å²) in [4.78, 5) is 0. The van der Waals surface area contributed by atoms with Crippen molar-refractivity contribution in [3.63, 3.8) is 0 Å². The molecule has 0 atom stereocenters. The van der Waals surface area contributed by atoms with Gasteiger partial charge in [0.1, 0.15) is 0 Å². The lowest BCUT2D eigenvalue weighted by atomic mass is 10.1. The second kappa shape index (κ2) is 7.89. The van der Waals surface area contributed by atoms with Crippen molar-refractivity contribution in [1.82, 2.24) is 0 Å². The van der Waals surface area contributed by atoms with E-state index in [-0.39, 0.29) is 0 Å². The quantitative estimate of drug-likeness (QED) is 0.531. The molecule has 0 N–H and O–H groups in total. The van der Waals surface area contributed by atoms with Crippen molar-refractivity contribution in [2.75, 3.05) is 11.5 Å². The maximum atomic E-state index is 2.30. The maximum absolute atomic E-state index is 2.30. The lowest BCUT2D eigenvalue weighted by molar-refractivity contribution is 0.560. The lowest BCUT2D eigenvalue weighted by Crippen LogP contribution is -2.16. The first-order chi connectivity index (χ1) is 7.33. The van der Waals surface area contributed by atoms with Gasteiger partial charge in [-0.05, 0) is 12.8 Å². The normalized spacial score (nSPS) is 19.6. The molecule has 0 saturated carbocycles. The van der Waals surface area contributed by atoms with Gasteiger partial charge in [0.05, 0.1) is 4.08 Å². The lowest BCUT2D eigenvalue weighted by Gasteiger charge is -2.27. The molecule has 1 aliphatic heterocycles. The molecule has 0 unspecified atom stereocenters. The standard InChI is InChI=1S/C13H26S2/c1-3-5-7-9-13(10-8-6-4-2)14-11-12-15-13/h3-12H2,1-2H3. The molecule has 0 aromatic heterocycles. The number of hydrogen-bond acceptors (Lipinski definition) is 2. The van der Waals surface area contributed by atoms with Crippen LogP contribution in [-0.2, 0) is 0 Å². The third-order valence-corrected chi connectivity index (χ3v) is 6.79. The predicted octanol–water partition coefficient (Wildman–Crippen LogP) is 5.32. The zero-order chi connectivity index (χ0) is 11.0. The monoisotopic (exact) mass is 246 g/mol. The molecule has 0 spiro atoms. The molecular weight excluding hydrogens is 220 g/mol. The summed E-state index contributed by atoms with van der Waals surface area (Å²) in [6, 6.07) is 0. The van der Waals surface area contributed by atoms with Gasteiger partial charge in [0.25, 0.3) is 0 Å². The zero-order valence-corrected chi connectivity index (χ0v) is 12.0. The molecule has 0 radical (unpaired) electrons. The molecule has 1 aliphatic rings. The second-order valence-corrected chi connectivity index (χ2v) is 7.74. The van der Waals surface area contributed by atoms with Gasteiger partial charge in [-0.1, -0.05) is 52.4 Å². The molecule has 90 valence electrons. The van der Waals surface area contributed by atoms with Crippen LogP contribution in [0.15, 0.2) is 0 Å². The smallest absolute Gasteiger partial charge is 0.0611 e. The van der Waals surface area contributed by atoms with Gasteiger partial charge in [0, 0.05) is 11.5 Å². The summed E-state index contributed by atoms with van der Waals surface area (Å²) in [7, 11) is 0. The van der Waals surface area contributed by atoms with Crippen LogP contribution in [0.25, 0.3) is 0 Å². The molecule has 1 saturated heterocycles. The van der Waals surface area contributed by atoms with Crippen LogP contribution in [0.1, 0.15) is 65.2 Å². The minimum Gasteiger partial charge on any atom is -0.143 e. The molecule has 0 aliphatic carbocycles. The van der Waals surface area contributed by atoms with Crippen LogP contribution in [0.5, 0.6) is 0 Å². The Hall–Kier alpha value is 0.700. The maximum Gasteiger partial charge on any atom is 0.0611 e. The largest absolute Gasteiger partial charge is 0.143 e. The van der Waals surface area contributed by atoms with E-state index in [2.05, 4.69) is 37.4 Å². The number of hydrogen-bond donors (Lipinski definition) is 0. The summed E-state index contributed by atoms with van der Waals surface area (Å²) in [6.07, 6.45) is 11.4. The molecular formula is C13H26S2. The fourth-order valence-electron chi connectivity index (χ4n) is 2.20. The minimum absolute atomic E-state index is 0.629. The van der Waals surface area contributed by atoms with Crippen molar-refractivity contribution in [2.24, 2.45) is 0 Å². The van der Waals surface area contributed by atoms with Crippen LogP contribution in [0.3, 0.4) is 0 Å². The SMILES string of the molecule is CCCCCC1(CCCCC)SCCS1. The Morgan fingerprint density at radius 2 is 1.27 bits per heavy atom. The van der Waals surface area contributed by atoms with Gasteiger partial charge in [-0.15, -0.1) is 23.5 Å². The number of unbranched alkanes of at least 4 members (excludes halogenated alkanes) is 4. The van der Waals surface area contributed by atoms with Gasteiger partial charge in [-0.25, -0.2) is 0 Å². The second-order valence-electron chi connectivity index (χ2n) is 4.52. The van der Waals surface area contributed by atoms with E-state index in [4.69, 9.17) is 0 Å². The zero-order valence-electron chi connectivity index (χ0n) is 10.4. The Balaban J connectivity index is 2.26. The van der Waals surface area contributed by atoms with Crippen LogP contribution >= 0.6 is 23.5 Å². The Morgan fingerprint density at radius 3 is 1.67 bits per heavy atom. The molecule has 1 heterocycles. The van der Waals surface area contributed by atoms with Crippen LogP contribution in [0.2, 0.25) is 0 Å². The molecule has 1 rings (SSSR count). The van der Waals surface area contributed by atoms with Crippen LogP contribution in [-0.4, -0.2) is 15.6 Å². The average Bonchev–Trinajstić information content (AvgIpc) is 2.68. The predicted molar refractivity (Wildman–Crippen MR) is 75.9 cm³/mol. The van der Waals surface area contributed by atoms with Crippen molar-refractivity contribution in [3.05, 3.63) is 0 Å². The Morgan fingerprint density at radius 1 is 0.800 bits per heavy atom. The molecule has 2 heteroatoms. The Labute approximate surface area is 104 Å². The summed E-state index contributed by atoms with van der Waals surface area (Å²) in [6.45, 7) is 4.61. The summed E-state index contributed by atoms with van der Waals surface area (Å²) in [5.41, 5.74) is 0.